The van der Waals surface area contributed by atoms with Gasteiger partial charge in [0, 0.05) is 32.8 Å². The molecule has 0 amide bonds. The van der Waals surface area contributed by atoms with Crippen LogP contribution in [-0.2, 0) is 11.2 Å². The molecule has 2 rings (SSSR count). The van der Waals surface area contributed by atoms with Crippen LogP contribution in [0.25, 0.3) is 0 Å². The van der Waals surface area contributed by atoms with Crippen molar-refractivity contribution in [1.29, 1.82) is 0 Å². The molecule has 1 fully saturated rings. The number of ether oxygens (including phenoxy) is 1. The summed E-state index contributed by atoms with van der Waals surface area (Å²) in [6.45, 7) is 10.3. The van der Waals surface area contributed by atoms with Crippen molar-refractivity contribution in [2.75, 3.05) is 32.8 Å². The lowest BCUT2D eigenvalue weighted by Gasteiger charge is -2.34. The van der Waals surface area contributed by atoms with Gasteiger partial charge in [0.15, 0.2) is 0 Å². The molecule has 0 saturated carbocycles. The molecular formula is C19H31NO. The van der Waals surface area contributed by atoms with Gasteiger partial charge in [0.1, 0.15) is 0 Å². The Morgan fingerprint density at radius 1 is 1.00 bits per heavy atom. The summed E-state index contributed by atoms with van der Waals surface area (Å²) < 4.78 is 5.77. The molecule has 1 saturated heterocycles. The van der Waals surface area contributed by atoms with Crippen LogP contribution in [0.3, 0.4) is 0 Å². The van der Waals surface area contributed by atoms with Crippen LogP contribution in [0, 0.1) is 11.8 Å². The summed E-state index contributed by atoms with van der Waals surface area (Å²) in [5.41, 5.74) is 1.41. The second kappa shape index (κ2) is 9.22. The van der Waals surface area contributed by atoms with E-state index >= 15 is 0 Å². The summed E-state index contributed by atoms with van der Waals surface area (Å²) in [6.07, 6.45) is 4.82. The molecule has 1 aliphatic rings. The zero-order chi connectivity index (χ0) is 14.9. The first-order chi connectivity index (χ1) is 10.2. The lowest BCUT2D eigenvalue weighted by atomic mass is 9.92. The van der Waals surface area contributed by atoms with Gasteiger partial charge in [0.2, 0.25) is 0 Å². The van der Waals surface area contributed by atoms with Gasteiger partial charge in [0.05, 0.1) is 0 Å². The van der Waals surface area contributed by atoms with Gasteiger partial charge in [-0.05, 0) is 43.1 Å². The molecule has 118 valence electrons. The molecule has 0 bridgehead atoms. The number of aryl methyl sites for hydroxylation is 1. The number of benzene rings is 1. The molecule has 1 aliphatic heterocycles. The van der Waals surface area contributed by atoms with Gasteiger partial charge in [-0.2, -0.15) is 0 Å². The van der Waals surface area contributed by atoms with E-state index in [1.165, 1.54) is 38.0 Å². The second-order valence-corrected chi connectivity index (χ2v) is 6.76. The van der Waals surface area contributed by atoms with E-state index in [0.717, 1.165) is 37.9 Å². The van der Waals surface area contributed by atoms with Crippen molar-refractivity contribution < 1.29 is 4.74 Å². The number of hydrogen-bond donors (Lipinski definition) is 0. The average molecular weight is 289 g/mol. The van der Waals surface area contributed by atoms with Crippen LogP contribution in [0.4, 0.5) is 0 Å². The van der Waals surface area contributed by atoms with Gasteiger partial charge in [-0.1, -0.05) is 44.2 Å². The van der Waals surface area contributed by atoms with Gasteiger partial charge >= 0.3 is 0 Å². The molecule has 0 unspecified atom stereocenters. The number of piperidine rings is 1. The molecule has 0 radical (unpaired) electrons. The standard InChI is InChI=1S/C19H31NO/c1-17-14-18(2)16-20(15-17)11-7-13-21-12-6-10-19-8-4-3-5-9-19/h3-5,8-9,17-18H,6-7,10-16H2,1-2H3/t17-,18-/m0/s1. The van der Waals surface area contributed by atoms with E-state index in [9.17, 15) is 0 Å². The van der Waals surface area contributed by atoms with Crippen LogP contribution in [0.15, 0.2) is 30.3 Å². The highest BCUT2D eigenvalue weighted by Crippen LogP contribution is 2.20. The van der Waals surface area contributed by atoms with E-state index in [0.29, 0.717) is 0 Å². The molecule has 0 aromatic heterocycles. The van der Waals surface area contributed by atoms with Gasteiger partial charge in [-0.15, -0.1) is 0 Å². The van der Waals surface area contributed by atoms with Crippen molar-refractivity contribution in [1.82, 2.24) is 4.90 Å². The summed E-state index contributed by atoms with van der Waals surface area (Å²) in [7, 11) is 0. The van der Waals surface area contributed by atoms with Gasteiger partial charge in [0.25, 0.3) is 0 Å². The van der Waals surface area contributed by atoms with E-state index in [-0.39, 0.29) is 0 Å². The van der Waals surface area contributed by atoms with Gasteiger partial charge in [-0.3, -0.25) is 0 Å². The quantitative estimate of drug-likeness (QED) is 0.671. The fourth-order valence-electron chi connectivity index (χ4n) is 3.49. The summed E-state index contributed by atoms with van der Waals surface area (Å²) in [5, 5.41) is 0. The van der Waals surface area contributed by atoms with Crippen molar-refractivity contribution in [2.45, 2.75) is 39.5 Å². The fraction of sp³-hybridized carbons (Fsp3) is 0.684. The number of hydrogen-bond acceptors (Lipinski definition) is 2. The smallest absolute Gasteiger partial charge is 0.0478 e. The highest BCUT2D eigenvalue weighted by Gasteiger charge is 2.20. The molecule has 21 heavy (non-hydrogen) atoms. The molecule has 1 aromatic carbocycles. The largest absolute Gasteiger partial charge is 0.381 e. The predicted molar refractivity (Wildman–Crippen MR) is 89.6 cm³/mol. The van der Waals surface area contributed by atoms with E-state index in [4.69, 9.17) is 4.74 Å². The molecule has 0 N–H and O–H groups in total. The first-order valence-corrected chi connectivity index (χ1v) is 8.58. The summed E-state index contributed by atoms with van der Waals surface area (Å²) in [5.74, 6) is 1.72. The first kappa shape index (κ1) is 16.5. The van der Waals surface area contributed by atoms with Crippen LogP contribution in [0.1, 0.15) is 38.7 Å². The lowest BCUT2D eigenvalue weighted by Crippen LogP contribution is -2.39. The van der Waals surface area contributed by atoms with Crippen molar-refractivity contribution in [3.8, 4) is 0 Å². The summed E-state index contributed by atoms with van der Waals surface area (Å²) >= 11 is 0. The maximum atomic E-state index is 5.77. The average Bonchev–Trinajstić information content (AvgIpc) is 2.46. The zero-order valence-corrected chi connectivity index (χ0v) is 13.8. The van der Waals surface area contributed by atoms with Crippen LogP contribution in [0.2, 0.25) is 0 Å². The van der Waals surface area contributed by atoms with E-state index in [1.807, 2.05) is 0 Å². The Hall–Kier alpha value is -0.860. The Labute approximate surface area is 130 Å². The molecule has 2 atom stereocenters. The molecule has 1 aromatic rings. The SMILES string of the molecule is C[C@H]1C[C@H](C)CN(CCCOCCCc2ccccc2)C1. The zero-order valence-electron chi connectivity index (χ0n) is 13.8. The minimum atomic E-state index is 0.862. The molecule has 2 nitrogen and oxygen atoms in total. The third kappa shape index (κ3) is 6.62. The summed E-state index contributed by atoms with van der Waals surface area (Å²) in [4.78, 5) is 2.62. The molecule has 0 spiro atoms. The van der Waals surface area contributed by atoms with Crippen LogP contribution in [-0.4, -0.2) is 37.7 Å². The Balaban J connectivity index is 1.47. The minimum absolute atomic E-state index is 0.862. The van der Waals surface area contributed by atoms with E-state index in [2.05, 4.69) is 49.1 Å². The van der Waals surface area contributed by atoms with E-state index in [1.54, 1.807) is 0 Å². The maximum absolute atomic E-state index is 5.77. The van der Waals surface area contributed by atoms with Crippen LogP contribution in [0.5, 0.6) is 0 Å². The van der Waals surface area contributed by atoms with Crippen molar-refractivity contribution in [3.05, 3.63) is 35.9 Å². The molecule has 0 aliphatic carbocycles. The monoisotopic (exact) mass is 289 g/mol. The molecule has 2 heteroatoms. The Morgan fingerprint density at radius 3 is 2.38 bits per heavy atom. The van der Waals surface area contributed by atoms with Crippen LogP contribution < -0.4 is 0 Å². The fourth-order valence-corrected chi connectivity index (χ4v) is 3.49. The van der Waals surface area contributed by atoms with Crippen molar-refractivity contribution >= 4 is 0 Å². The molecular weight excluding hydrogens is 258 g/mol. The van der Waals surface area contributed by atoms with Gasteiger partial charge in [-0.25, -0.2) is 0 Å². The second-order valence-electron chi connectivity index (χ2n) is 6.76. The highest BCUT2D eigenvalue weighted by molar-refractivity contribution is 5.14. The summed E-state index contributed by atoms with van der Waals surface area (Å²) in [6, 6.07) is 10.7. The predicted octanol–water partition coefficient (Wildman–Crippen LogP) is 4.00. The highest BCUT2D eigenvalue weighted by atomic mass is 16.5. The minimum Gasteiger partial charge on any atom is -0.381 e. The maximum Gasteiger partial charge on any atom is 0.0478 e. The van der Waals surface area contributed by atoms with Gasteiger partial charge < -0.3 is 9.64 Å². The van der Waals surface area contributed by atoms with Crippen molar-refractivity contribution in [3.63, 3.8) is 0 Å². The topological polar surface area (TPSA) is 12.5 Å². The first-order valence-electron chi connectivity index (χ1n) is 8.58. The third-order valence-corrected chi connectivity index (χ3v) is 4.30. The lowest BCUT2D eigenvalue weighted by molar-refractivity contribution is 0.0980. The number of rotatable bonds is 8. The third-order valence-electron chi connectivity index (χ3n) is 4.30. The Kier molecular flexibility index (Phi) is 7.25. The van der Waals surface area contributed by atoms with Crippen LogP contribution >= 0.6 is 0 Å². The normalized spacial score (nSPS) is 23.3. The van der Waals surface area contributed by atoms with E-state index < -0.39 is 0 Å². The number of nitrogens with zero attached hydrogens (tertiary/aromatic N) is 1. The Morgan fingerprint density at radius 2 is 1.67 bits per heavy atom. The number of likely N-dealkylation sites (tertiary alicyclic amines) is 1. The Bertz CT molecular complexity index is 368. The van der Waals surface area contributed by atoms with Crippen molar-refractivity contribution in [2.24, 2.45) is 11.8 Å². The molecule has 1 heterocycles.